The Labute approximate surface area is 167 Å². The molecule has 0 aliphatic carbocycles. The van der Waals surface area contributed by atoms with Crippen LogP contribution in [0, 0.1) is 18.3 Å². The molecule has 0 bridgehead atoms. The van der Waals surface area contributed by atoms with E-state index in [1.165, 1.54) is 17.8 Å². The van der Waals surface area contributed by atoms with E-state index in [-0.39, 0.29) is 11.7 Å². The van der Waals surface area contributed by atoms with Crippen LogP contribution >= 0.6 is 0 Å². The first-order valence-electron chi connectivity index (χ1n) is 9.15. The summed E-state index contributed by atoms with van der Waals surface area (Å²) in [5.74, 6) is 1.84. The molecule has 0 aromatic carbocycles. The van der Waals surface area contributed by atoms with Crippen LogP contribution in [0.5, 0.6) is 0 Å². The van der Waals surface area contributed by atoms with Crippen molar-refractivity contribution in [3.63, 3.8) is 0 Å². The van der Waals surface area contributed by atoms with Gasteiger partial charge in [-0.05, 0) is 12.8 Å². The van der Waals surface area contributed by atoms with E-state index in [0.29, 0.717) is 16.6 Å². The molecule has 0 spiro atoms. The van der Waals surface area contributed by atoms with E-state index in [2.05, 4.69) is 15.9 Å². The van der Waals surface area contributed by atoms with Gasteiger partial charge in [0.2, 0.25) is 0 Å². The summed E-state index contributed by atoms with van der Waals surface area (Å²) >= 11 is 0. The van der Waals surface area contributed by atoms with Gasteiger partial charge in [0.1, 0.15) is 35.5 Å². The van der Waals surface area contributed by atoms with E-state index in [1.807, 2.05) is 0 Å². The number of hydrogen-bond donors (Lipinski definition) is 4. The van der Waals surface area contributed by atoms with Crippen LogP contribution in [0.3, 0.4) is 0 Å². The number of aliphatic hydroxyl groups excluding tert-OH is 1. The predicted octanol–water partition coefficient (Wildman–Crippen LogP) is -0.469. The molecule has 6 N–H and O–H groups in total. The molecule has 0 amide bonds. The number of carbonyl (C=O) groups is 1. The van der Waals surface area contributed by atoms with Crippen molar-refractivity contribution < 1.29 is 24.5 Å². The van der Waals surface area contributed by atoms with Crippen LogP contribution in [-0.4, -0.2) is 61.2 Å². The summed E-state index contributed by atoms with van der Waals surface area (Å²) in [6.45, 7) is 4.51. The molecule has 1 aliphatic heterocycles. The third-order valence-corrected chi connectivity index (χ3v) is 5.18. The highest BCUT2D eigenvalue weighted by molar-refractivity contribution is 5.92. The highest BCUT2D eigenvalue weighted by atomic mass is 16.6. The lowest BCUT2D eigenvalue weighted by atomic mass is 9.95. The highest BCUT2D eigenvalue weighted by Gasteiger charge is 2.56. The zero-order valence-corrected chi connectivity index (χ0v) is 16.4. The van der Waals surface area contributed by atoms with Crippen LogP contribution in [0.1, 0.15) is 32.6 Å². The zero-order chi connectivity index (χ0) is 21.5. The minimum absolute atomic E-state index is 0.163. The van der Waals surface area contributed by atoms with Gasteiger partial charge >= 0.3 is 5.97 Å². The maximum Gasteiger partial charge on any atom is 0.323 e. The smallest absolute Gasteiger partial charge is 0.323 e. The number of nitrogens with two attached hydrogens (primary N) is 2. The molecule has 1 fully saturated rings. The molecule has 2 aromatic heterocycles. The molecule has 2 aromatic rings. The molecule has 5 atom stereocenters. The summed E-state index contributed by atoms with van der Waals surface area (Å²) in [6.07, 6.45) is 5.17. The quantitative estimate of drug-likeness (QED) is 0.382. The number of nitrogens with zero attached hydrogens (tertiary/aromatic N) is 3. The van der Waals surface area contributed by atoms with Crippen molar-refractivity contribution in [2.24, 2.45) is 11.7 Å². The SMILES string of the molecule is C#Cc1cn(C2OC(CO)C(OC(=O)C(N)C(C)C)[C@@]2(C)O)c2ncnc(N)c12. The number of aliphatic hydroxyl groups is 2. The Morgan fingerprint density at radius 3 is 2.79 bits per heavy atom. The maximum atomic E-state index is 12.4. The zero-order valence-electron chi connectivity index (χ0n) is 16.4. The van der Waals surface area contributed by atoms with Gasteiger partial charge in [-0.3, -0.25) is 4.79 Å². The summed E-state index contributed by atoms with van der Waals surface area (Å²) < 4.78 is 12.8. The van der Waals surface area contributed by atoms with Crippen molar-refractivity contribution in [1.82, 2.24) is 14.5 Å². The molecule has 3 rings (SSSR count). The van der Waals surface area contributed by atoms with Gasteiger partial charge in [-0.2, -0.15) is 0 Å². The second kappa shape index (κ2) is 7.61. The van der Waals surface area contributed by atoms with E-state index in [0.717, 1.165) is 0 Å². The molecular formula is C19H25N5O5. The van der Waals surface area contributed by atoms with Crippen LogP contribution in [0.25, 0.3) is 11.0 Å². The first-order valence-corrected chi connectivity index (χ1v) is 9.15. The largest absolute Gasteiger partial charge is 0.455 e. The maximum absolute atomic E-state index is 12.4. The van der Waals surface area contributed by atoms with E-state index in [1.54, 1.807) is 20.0 Å². The fraction of sp³-hybridized carbons (Fsp3) is 0.526. The number of terminal acetylenes is 1. The molecule has 3 heterocycles. The summed E-state index contributed by atoms with van der Waals surface area (Å²) in [6, 6.07) is -0.878. The number of hydrogen-bond acceptors (Lipinski definition) is 9. The second-order valence-corrected chi connectivity index (χ2v) is 7.61. The van der Waals surface area contributed by atoms with Gasteiger partial charge in [0.05, 0.1) is 17.6 Å². The molecule has 0 radical (unpaired) electrons. The lowest BCUT2D eigenvalue weighted by Gasteiger charge is -2.31. The summed E-state index contributed by atoms with van der Waals surface area (Å²) in [5.41, 5.74) is 10.8. The van der Waals surface area contributed by atoms with Crippen LogP contribution in [-0.2, 0) is 14.3 Å². The average molecular weight is 403 g/mol. The number of carbonyl (C=O) groups excluding carboxylic acids is 1. The number of anilines is 1. The van der Waals surface area contributed by atoms with Crippen molar-refractivity contribution in [2.45, 2.75) is 50.8 Å². The summed E-state index contributed by atoms with van der Waals surface area (Å²) in [5, 5.41) is 21.4. The van der Waals surface area contributed by atoms with Gasteiger partial charge in [-0.1, -0.05) is 19.8 Å². The predicted molar refractivity (Wildman–Crippen MR) is 104 cm³/mol. The Kier molecular flexibility index (Phi) is 5.51. The van der Waals surface area contributed by atoms with Crippen molar-refractivity contribution in [1.29, 1.82) is 0 Å². The fourth-order valence-corrected chi connectivity index (χ4v) is 3.45. The summed E-state index contributed by atoms with van der Waals surface area (Å²) in [4.78, 5) is 20.5. The lowest BCUT2D eigenvalue weighted by Crippen LogP contribution is -2.50. The topological polar surface area (TPSA) is 159 Å². The third kappa shape index (κ3) is 3.42. The van der Waals surface area contributed by atoms with Gasteiger partial charge < -0.3 is 35.7 Å². The fourth-order valence-electron chi connectivity index (χ4n) is 3.45. The van der Waals surface area contributed by atoms with Crippen molar-refractivity contribution >= 4 is 22.8 Å². The number of aromatic nitrogens is 3. The van der Waals surface area contributed by atoms with Crippen molar-refractivity contribution in [2.75, 3.05) is 12.3 Å². The number of rotatable bonds is 5. The second-order valence-electron chi connectivity index (χ2n) is 7.61. The van der Waals surface area contributed by atoms with Crippen LogP contribution in [0.2, 0.25) is 0 Å². The molecule has 4 unspecified atom stereocenters. The van der Waals surface area contributed by atoms with Gasteiger partial charge in [0, 0.05) is 6.20 Å². The first kappa shape index (κ1) is 21.0. The van der Waals surface area contributed by atoms with E-state index < -0.39 is 42.7 Å². The molecule has 1 saturated heterocycles. The number of nitrogen functional groups attached to an aromatic ring is 1. The number of ether oxygens (including phenoxy) is 2. The Morgan fingerprint density at radius 1 is 1.52 bits per heavy atom. The molecule has 156 valence electrons. The standard InChI is InChI=1S/C19H25N5O5/c1-5-10-6-24(16-12(10)15(21)22-8-23-16)18-19(4,27)14(11(7-25)28-18)29-17(26)13(20)9(2)3/h1,6,8-9,11,13-14,18,25,27H,7,20H2,2-4H3,(H2,21,22,23)/t11?,13?,14?,18?,19-/m1/s1. The van der Waals surface area contributed by atoms with Crippen molar-refractivity contribution in [3.8, 4) is 12.3 Å². The van der Waals surface area contributed by atoms with Crippen molar-refractivity contribution in [3.05, 3.63) is 18.1 Å². The number of esters is 1. The van der Waals surface area contributed by atoms with Gasteiger partial charge in [-0.25, -0.2) is 9.97 Å². The van der Waals surface area contributed by atoms with Crippen LogP contribution in [0.4, 0.5) is 5.82 Å². The van der Waals surface area contributed by atoms with E-state index in [9.17, 15) is 15.0 Å². The molecule has 10 heteroatoms. The first-order chi connectivity index (χ1) is 13.6. The van der Waals surface area contributed by atoms with E-state index >= 15 is 0 Å². The van der Waals surface area contributed by atoms with Gasteiger partial charge in [0.25, 0.3) is 0 Å². The monoisotopic (exact) mass is 403 g/mol. The molecule has 0 saturated carbocycles. The Hall–Kier alpha value is -2.71. The lowest BCUT2D eigenvalue weighted by molar-refractivity contribution is -0.166. The molecule has 10 nitrogen and oxygen atoms in total. The van der Waals surface area contributed by atoms with E-state index in [4.69, 9.17) is 27.4 Å². The Bertz CT molecular complexity index is 964. The third-order valence-electron chi connectivity index (χ3n) is 5.18. The summed E-state index contributed by atoms with van der Waals surface area (Å²) in [7, 11) is 0. The normalized spacial score (nSPS) is 27.9. The van der Waals surface area contributed by atoms with Crippen LogP contribution < -0.4 is 11.5 Å². The van der Waals surface area contributed by atoms with Gasteiger partial charge in [-0.15, -0.1) is 6.42 Å². The minimum atomic E-state index is -1.72. The van der Waals surface area contributed by atoms with Crippen LogP contribution in [0.15, 0.2) is 12.5 Å². The Morgan fingerprint density at radius 2 is 2.21 bits per heavy atom. The Balaban J connectivity index is 2.02. The molecular weight excluding hydrogens is 378 g/mol. The molecule has 29 heavy (non-hydrogen) atoms. The minimum Gasteiger partial charge on any atom is -0.455 e. The highest BCUT2D eigenvalue weighted by Crippen LogP contribution is 2.42. The van der Waals surface area contributed by atoms with Gasteiger partial charge in [0.15, 0.2) is 12.3 Å². The molecule has 1 aliphatic rings. The number of fused-ring (bicyclic) bond motifs is 1. The average Bonchev–Trinajstić information content (AvgIpc) is 3.16.